The number of benzene rings is 2. The van der Waals surface area contributed by atoms with Crippen LogP contribution in [0.1, 0.15) is 23.6 Å². The molecule has 0 unspecified atom stereocenters. The molecule has 0 bridgehead atoms. The van der Waals surface area contributed by atoms with Crippen LogP contribution in [-0.4, -0.2) is 18.2 Å². The average Bonchev–Trinajstić information content (AvgIpc) is 2.52. The number of aryl methyl sites for hydroxylation is 2. The molecule has 2 aromatic carbocycles. The molecule has 24 heavy (non-hydrogen) atoms. The fraction of sp³-hybridized carbons (Fsp3) is 0.222. The van der Waals surface area contributed by atoms with Crippen molar-refractivity contribution in [2.75, 3.05) is 6.61 Å². The molecule has 2 rings (SSSR count). The lowest BCUT2D eigenvalue weighted by molar-refractivity contribution is -0.123. The first-order valence-corrected chi connectivity index (χ1v) is 8.94. The monoisotopic (exact) mass is 452 g/mol. The normalized spacial score (nSPS) is 11.3. The molecule has 0 saturated heterocycles. The summed E-state index contributed by atoms with van der Waals surface area (Å²) < 4.78 is 7.15. The Kier molecular flexibility index (Phi) is 6.57. The second-order valence-corrected chi connectivity index (χ2v) is 7.15. The molecule has 0 aliphatic carbocycles. The van der Waals surface area contributed by atoms with Crippen LogP contribution >= 0.6 is 31.9 Å². The van der Waals surface area contributed by atoms with E-state index in [1.807, 2.05) is 57.2 Å². The zero-order valence-electron chi connectivity index (χ0n) is 13.7. The zero-order chi connectivity index (χ0) is 17.7. The van der Waals surface area contributed by atoms with Crippen molar-refractivity contribution in [3.63, 3.8) is 0 Å². The minimum absolute atomic E-state index is 0.120. The first-order chi connectivity index (χ1) is 11.4. The molecule has 0 aliphatic rings. The minimum atomic E-state index is -0.319. The van der Waals surface area contributed by atoms with Crippen LogP contribution in [-0.2, 0) is 4.79 Å². The fourth-order valence-corrected chi connectivity index (χ4v) is 3.64. The van der Waals surface area contributed by atoms with Crippen LogP contribution in [0.3, 0.4) is 0 Å². The van der Waals surface area contributed by atoms with Gasteiger partial charge in [-0.3, -0.25) is 4.79 Å². The van der Waals surface area contributed by atoms with Crippen molar-refractivity contribution >= 4 is 43.5 Å². The van der Waals surface area contributed by atoms with Crippen molar-refractivity contribution in [3.8, 4) is 5.75 Å². The van der Waals surface area contributed by atoms with Crippen LogP contribution < -0.4 is 10.2 Å². The van der Waals surface area contributed by atoms with Crippen LogP contribution in [0.25, 0.3) is 0 Å². The number of ether oxygens (including phenoxy) is 1. The highest BCUT2D eigenvalue weighted by Gasteiger charge is 2.10. The summed E-state index contributed by atoms with van der Waals surface area (Å²) >= 11 is 6.86. The van der Waals surface area contributed by atoms with E-state index in [0.717, 1.165) is 25.8 Å². The van der Waals surface area contributed by atoms with Crippen LogP contribution in [0.4, 0.5) is 0 Å². The van der Waals surface area contributed by atoms with Gasteiger partial charge in [-0.05, 0) is 75.9 Å². The molecule has 1 amide bonds. The van der Waals surface area contributed by atoms with E-state index in [-0.39, 0.29) is 12.5 Å². The van der Waals surface area contributed by atoms with E-state index in [0.29, 0.717) is 5.75 Å². The Hall–Kier alpha value is -1.66. The first kappa shape index (κ1) is 18.7. The molecule has 1 N–H and O–H groups in total. The number of hydrogen-bond donors (Lipinski definition) is 1. The maximum absolute atomic E-state index is 11.9. The van der Waals surface area contributed by atoms with Crippen LogP contribution in [0, 0.1) is 13.8 Å². The van der Waals surface area contributed by atoms with E-state index in [1.165, 1.54) is 5.56 Å². The number of hydrogen-bond acceptors (Lipinski definition) is 3. The number of amides is 1. The molecule has 0 atom stereocenters. The molecule has 126 valence electrons. The predicted molar refractivity (Wildman–Crippen MR) is 104 cm³/mol. The summed E-state index contributed by atoms with van der Waals surface area (Å²) in [5.41, 5.74) is 6.48. The molecule has 2 aromatic rings. The van der Waals surface area contributed by atoms with Gasteiger partial charge in [0.2, 0.25) is 0 Å². The highest BCUT2D eigenvalue weighted by Crippen LogP contribution is 2.34. The minimum Gasteiger partial charge on any atom is -0.481 e. The summed E-state index contributed by atoms with van der Waals surface area (Å²) in [6, 6.07) is 11.8. The van der Waals surface area contributed by atoms with Crippen molar-refractivity contribution in [3.05, 3.63) is 62.0 Å². The van der Waals surface area contributed by atoms with Crippen molar-refractivity contribution in [1.82, 2.24) is 5.43 Å². The third kappa shape index (κ3) is 5.18. The van der Waals surface area contributed by atoms with Gasteiger partial charge in [-0.25, -0.2) is 5.43 Å². The van der Waals surface area contributed by atoms with Gasteiger partial charge in [0.25, 0.3) is 5.91 Å². The molecule has 0 aliphatic heterocycles. The summed E-state index contributed by atoms with van der Waals surface area (Å²) in [5.74, 6) is 0.274. The zero-order valence-corrected chi connectivity index (χ0v) is 16.9. The van der Waals surface area contributed by atoms with Gasteiger partial charge < -0.3 is 4.74 Å². The standard InChI is InChI=1S/C18H18Br2N2O2/c1-11-4-6-14(7-5-11)13(3)21-22-17(23)10-24-18-15(19)8-12(2)9-16(18)20/h4-9H,10H2,1-3H3,(H,22,23). The summed E-state index contributed by atoms with van der Waals surface area (Å²) in [4.78, 5) is 11.9. The third-order valence-electron chi connectivity index (χ3n) is 3.31. The molecule has 0 fully saturated rings. The van der Waals surface area contributed by atoms with Crippen molar-refractivity contribution < 1.29 is 9.53 Å². The number of nitrogens with zero attached hydrogens (tertiary/aromatic N) is 1. The largest absolute Gasteiger partial charge is 0.481 e. The maximum atomic E-state index is 11.9. The van der Waals surface area contributed by atoms with Gasteiger partial charge in [-0.2, -0.15) is 5.10 Å². The molecule has 0 aromatic heterocycles. The van der Waals surface area contributed by atoms with E-state index >= 15 is 0 Å². The van der Waals surface area contributed by atoms with Crippen molar-refractivity contribution in [2.24, 2.45) is 5.10 Å². The molecular weight excluding hydrogens is 436 g/mol. The highest BCUT2D eigenvalue weighted by atomic mass is 79.9. The maximum Gasteiger partial charge on any atom is 0.277 e. The summed E-state index contributed by atoms with van der Waals surface area (Å²) in [6.45, 7) is 5.73. The Morgan fingerprint density at radius 3 is 2.25 bits per heavy atom. The Morgan fingerprint density at radius 1 is 1.08 bits per heavy atom. The van der Waals surface area contributed by atoms with Gasteiger partial charge in [0, 0.05) is 0 Å². The lowest BCUT2D eigenvalue weighted by Gasteiger charge is -2.10. The molecule has 4 nitrogen and oxygen atoms in total. The van der Waals surface area contributed by atoms with Gasteiger partial charge in [-0.1, -0.05) is 29.8 Å². The predicted octanol–water partition coefficient (Wildman–Crippen LogP) is 4.75. The molecule has 0 spiro atoms. The lowest BCUT2D eigenvalue weighted by atomic mass is 10.1. The van der Waals surface area contributed by atoms with Crippen LogP contribution in [0.15, 0.2) is 50.4 Å². The van der Waals surface area contributed by atoms with E-state index in [1.54, 1.807) is 0 Å². The van der Waals surface area contributed by atoms with Gasteiger partial charge >= 0.3 is 0 Å². The Morgan fingerprint density at radius 2 is 1.67 bits per heavy atom. The number of hydrazone groups is 1. The molecule has 0 heterocycles. The van der Waals surface area contributed by atoms with Crippen molar-refractivity contribution in [2.45, 2.75) is 20.8 Å². The SMILES string of the molecule is CC(=NNC(=O)COc1c(Br)cc(C)cc1Br)c1ccc(C)cc1. The average molecular weight is 454 g/mol. The van der Waals surface area contributed by atoms with E-state index in [2.05, 4.69) is 42.4 Å². The van der Waals surface area contributed by atoms with E-state index in [9.17, 15) is 4.79 Å². The fourth-order valence-electron chi connectivity index (χ4n) is 2.00. The highest BCUT2D eigenvalue weighted by molar-refractivity contribution is 9.11. The van der Waals surface area contributed by atoms with Crippen LogP contribution in [0.2, 0.25) is 0 Å². The molecule has 6 heteroatoms. The smallest absolute Gasteiger partial charge is 0.277 e. The number of carbonyl (C=O) groups is 1. The topological polar surface area (TPSA) is 50.7 Å². The number of nitrogens with one attached hydrogen (secondary N) is 1. The quantitative estimate of drug-likeness (QED) is 0.524. The number of carbonyl (C=O) groups excluding carboxylic acids is 1. The molecule has 0 saturated carbocycles. The first-order valence-electron chi connectivity index (χ1n) is 7.35. The molecular formula is C18H18Br2N2O2. The lowest BCUT2D eigenvalue weighted by Crippen LogP contribution is -2.25. The second-order valence-electron chi connectivity index (χ2n) is 5.44. The number of halogens is 2. The van der Waals surface area contributed by atoms with E-state index < -0.39 is 0 Å². The van der Waals surface area contributed by atoms with Gasteiger partial charge in [0.05, 0.1) is 14.7 Å². The summed E-state index contributed by atoms with van der Waals surface area (Å²) in [7, 11) is 0. The second kappa shape index (κ2) is 8.44. The Balaban J connectivity index is 1.94. The van der Waals surface area contributed by atoms with Crippen LogP contribution in [0.5, 0.6) is 5.75 Å². The summed E-state index contributed by atoms with van der Waals surface area (Å²) in [5, 5.41) is 4.11. The summed E-state index contributed by atoms with van der Waals surface area (Å²) in [6.07, 6.45) is 0. The number of rotatable bonds is 5. The van der Waals surface area contributed by atoms with Crippen molar-refractivity contribution in [1.29, 1.82) is 0 Å². The third-order valence-corrected chi connectivity index (χ3v) is 4.49. The van der Waals surface area contributed by atoms with E-state index in [4.69, 9.17) is 4.74 Å². The Labute approximate surface area is 158 Å². The van der Waals surface area contributed by atoms with Gasteiger partial charge in [0.15, 0.2) is 6.61 Å². The molecule has 0 radical (unpaired) electrons. The Bertz CT molecular complexity index is 748. The van der Waals surface area contributed by atoms with Gasteiger partial charge in [0.1, 0.15) is 5.75 Å². The van der Waals surface area contributed by atoms with Gasteiger partial charge in [-0.15, -0.1) is 0 Å².